The molecule has 2 heterocycles. The second kappa shape index (κ2) is 15.1. The molecule has 0 saturated carbocycles. The topological polar surface area (TPSA) is 17.4 Å². The third-order valence-electron chi connectivity index (χ3n) is 14.5. The third kappa shape index (κ3) is 5.54. The van der Waals surface area contributed by atoms with E-state index in [2.05, 4.69) is 258 Å². The molecule has 0 saturated heterocycles. The first-order valence-electron chi connectivity index (χ1n) is 23.4. The minimum absolute atomic E-state index is 0.525. The highest BCUT2D eigenvalue weighted by atomic mass is 16.5. The fourth-order valence-corrected chi connectivity index (χ4v) is 11.6. The monoisotopic (exact) mass is 866 g/mol. The van der Waals surface area contributed by atoms with Gasteiger partial charge in [-0.2, -0.15) is 0 Å². The maximum Gasteiger partial charge on any atom is 0.152 e. The lowest BCUT2D eigenvalue weighted by molar-refractivity contribution is 0.476. The van der Waals surface area contributed by atoms with Gasteiger partial charge >= 0.3 is 0 Å². The van der Waals surface area contributed by atoms with Gasteiger partial charge in [0, 0.05) is 27.7 Å². The molecule has 0 N–H and O–H groups in total. The van der Waals surface area contributed by atoms with E-state index in [1.165, 1.54) is 71.6 Å². The van der Waals surface area contributed by atoms with Crippen molar-refractivity contribution in [1.82, 2.24) is 4.57 Å². The summed E-state index contributed by atoms with van der Waals surface area (Å²) in [5.74, 6) is 1.74. The van der Waals surface area contributed by atoms with E-state index < -0.39 is 5.41 Å². The number of ether oxygens (including phenoxy) is 1. The first-order valence-corrected chi connectivity index (χ1v) is 23.4. The number of benzene rings is 11. The summed E-state index contributed by atoms with van der Waals surface area (Å²) >= 11 is 0. The summed E-state index contributed by atoms with van der Waals surface area (Å²) in [6, 6.07) is 93.1. The van der Waals surface area contributed by atoms with Gasteiger partial charge in [0.2, 0.25) is 0 Å². The van der Waals surface area contributed by atoms with Crippen LogP contribution in [0.5, 0.6) is 11.5 Å². The Morgan fingerprint density at radius 2 is 0.926 bits per heavy atom. The van der Waals surface area contributed by atoms with Crippen molar-refractivity contribution in [3.8, 4) is 50.6 Å². The van der Waals surface area contributed by atoms with Gasteiger partial charge in [0.05, 0.1) is 27.8 Å². The van der Waals surface area contributed by atoms with Crippen LogP contribution < -0.4 is 9.64 Å². The molecule has 11 aromatic carbocycles. The molecule has 0 atom stereocenters. The van der Waals surface area contributed by atoms with Gasteiger partial charge in [-0.3, -0.25) is 0 Å². The number of rotatable bonds is 7. The second-order valence-corrected chi connectivity index (χ2v) is 17.9. The van der Waals surface area contributed by atoms with Gasteiger partial charge in [0.15, 0.2) is 11.5 Å². The van der Waals surface area contributed by atoms with E-state index in [9.17, 15) is 0 Å². The van der Waals surface area contributed by atoms with Crippen LogP contribution in [-0.4, -0.2) is 4.57 Å². The van der Waals surface area contributed by atoms with E-state index in [-0.39, 0.29) is 0 Å². The molecular formula is C65H42N2O. The van der Waals surface area contributed by atoms with Crippen molar-refractivity contribution in [3.63, 3.8) is 0 Å². The predicted octanol–water partition coefficient (Wildman–Crippen LogP) is 17.2. The lowest BCUT2D eigenvalue weighted by atomic mass is 9.68. The smallest absolute Gasteiger partial charge is 0.152 e. The van der Waals surface area contributed by atoms with E-state index in [4.69, 9.17) is 4.74 Å². The van der Waals surface area contributed by atoms with Crippen LogP contribution in [-0.2, 0) is 5.41 Å². The molecule has 12 aromatic rings. The van der Waals surface area contributed by atoms with Crippen LogP contribution in [0.1, 0.15) is 22.3 Å². The highest BCUT2D eigenvalue weighted by molar-refractivity contribution is 6.18. The van der Waals surface area contributed by atoms with Crippen LogP contribution in [0.15, 0.2) is 255 Å². The Morgan fingerprint density at radius 1 is 0.382 bits per heavy atom. The van der Waals surface area contributed by atoms with Crippen LogP contribution in [0, 0.1) is 0 Å². The Kier molecular flexibility index (Phi) is 8.50. The largest absolute Gasteiger partial charge is 0.453 e. The normalized spacial score (nSPS) is 12.9. The fourth-order valence-electron chi connectivity index (χ4n) is 11.6. The van der Waals surface area contributed by atoms with E-state index >= 15 is 0 Å². The molecule has 0 bridgehead atoms. The molecule has 0 unspecified atom stereocenters. The van der Waals surface area contributed by atoms with Gasteiger partial charge in [-0.15, -0.1) is 0 Å². The minimum atomic E-state index is -0.525. The molecule has 14 rings (SSSR count). The van der Waals surface area contributed by atoms with Crippen LogP contribution >= 0.6 is 0 Å². The zero-order valence-corrected chi connectivity index (χ0v) is 37.1. The molecule has 0 fully saturated rings. The van der Waals surface area contributed by atoms with Crippen LogP contribution in [0.2, 0.25) is 0 Å². The predicted molar refractivity (Wildman–Crippen MR) is 281 cm³/mol. The Hall–Kier alpha value is -8.92. The number of aromatic nitrogens is 1. The number of anilines is 3. The summed E-state index contributed by atoms with van der Waals surface area (Å²) in [4.78, 5) is 2.47. The first kappa shape index (κ1) is 38.4. The summed E-state index contributed by atoms with van der Waals surface area (Å²) in [5.41, 5.74) is 18.4. The number of nitrogens with zero attached hydrogens (tertiary/aromatic N) is 2. The molecular weight excluding hydrogens is 825 g/mol. The van der Waals surface area contributed by atoms with Crippen molar-refractivity contribution in [2.45, 2.75) is 5.41 Å². The quantitative estimate of drug-likeness (QED) is 0.159. The third-order valence-corrected chi connectivity index (χ3v) is 14.5. The molecule has 0 amide bonds. The maximum atomic E-state index is 6.49. The Bertz CT molecular complexity index is 3880. The number of hydrogen-bond donors (Lipinski definition) is 0. The molecule has 1 aliphatic carbocycles. The van der Waals surface area contributed by atoms with Gasteiger partial charge in [-0.25, -0.2) is 0 Å². The molecule has 1 aliphatic heterocycles. The van der Waals surface area contributed by atoms with Gasteiger partial charge < -0.3 is 14.2 Å². The number of fused-ring (bicyclic) bond motifs is 9. The summed E-state index contributed by atoms with van der Waals surface area (Å²) in [6.45, 7) is 0. The number of para-hydroxylation sites is 3. The highest BCUT2D eigenvalue weighted by Crippen LogP contribution is 2.59. The van der Waals surface area contributed by atoms with Gasteiger partial charge in [0.25, 0.3) is 0 Å². The maximum absolute atomic E-state index is 6.49. The summed E-state index contributed by atoms with van der Waals surface area (Å²) < 4.78 is 8.87. The van der Waals surface area contributed by atoms with Crippen molar-refractivity contribution in [1.29, 1.82) is 0 Å². The second-order valence-electron chi connectivity index (χ2n) is 17.9. The summed E-state index contributed by atoms with van der Waals surface area (Å²) in [5, 5.41) is 4.88. The van der Waals surface area contributed by atoms with E-state index in [1.54, 1.807) is 0 Å². The average Bonchev–Trinajstić information content (AvgIpc) is 3.92. The highest BCUT2D eigenvalue weighted by Gasteiger charge is 2.47. The molecule has 0 spiro atoms. The zero-order chi connectivity index (χ0) is 44.8. The Labute approximate surface area is 395 Å². The van der Waals surface area contributed by atoms with Crippen LogP contribution in [0.25, 0.3) is 71.6 Å². The SMILES string of the molecule is c1ccc(C2(c3ccccc3)c3ccccc3-c3c(N(c4ccc(-c5cccc6ccccc56)cc4)c4ccc(-c5cccc6c5c5cccc7c5n6-c5ccccc5O7)cc4)cccc32)cc1. The molecule has 0 radical (unpaired) electrons. The molecule has 3 heteroatoms. The van der Waals surface area contributed by atoms with Crippen LogP contribution in [0.4, 0.5) is 17.1 Å². The Morgan fingerprint density at radius 3 is 1.71 bits per heavy atom. The van der Waals surface area contributed by atoms with E-state index in [0.717, 1.165) is 50.8 Å². The average molecular weight is 867 g/mol. The summed E-state index contributed by atoms with van der Waals surface area (Å²) in [7, 11) is 0. The number of hydrogen-bond acceptors (Lipinski definition) is 2. The molecule has 68 heavy (non-hydrogen) atoms. The molecule has 3 nitrogen and oxygen atoms in total. The zero-order valence-electron chi connectivity index (χ0n) is 37.1. The van der Waals surface area contributed by atoms with Crippen molar-refractivity contribution >= 4 is 49.6 Å². The van der Waals surface area contributed by atoms with Crippen molar-refractivity contribution < 1.29 is 4.74 Å². The van der Waals surface area contributed by atoms with Crippen molar-refractivity contribution in [2.24, 2.45) is 0 Å². The lowest BCUT2D eigenvalue weighted by Gasteiger charge is -2.34. The van der Waals surface area contributed by atoms with E-state index in [0.29, 0.717) is 0 Å². The van der Waals surface area contributed by atoms with Gasteiger partial charge in [-0.1, -0.05) is 200 Å². The van der Waals surface area contributed by atoms with Crippen molar-refractivity contribution in [3.05, 3.63) is 277 Å². The molecule has 1 aromatic heterocycles. The fraction of sp³-hybridized carbons (Fsp3) is 0.0154. The first-order chi connectivity index (χ1) is 33.8. The lowest BCUT2D eigenvalue weighted by Crippen LogP contribution is -2.28. The summed E-state index contributed by atoms with van der Waals surface area (Å²) in [6.07, 6.45) is 0. The minimum Gasteiger partial charge on any atom is -0.453 e. The van der Waals surface area contributed by atoms with Gasteiger partial charge in [0.1, 0.15) is 0 Å². The Balaban J connectivity index is 0.976. The standard InChI is InChI=1S/C65H42N2O/c1-3-19-46(20-4-1)65(47-21-5-2-6-22-47)55-28-10-9-24-53(55)63-56(65)29-16-32-59(63)66(48-39-35-44(36-40-48)51-25-13-18-43-17-7-8-23-50(43)51)49-41-37-45(38-42-49)52-26-14-31-58-62(52)54-27-15-34-61-64(54)67(58)57-30-11-12-33-60(57)68-61/h1-42H. The van der Waals surface area contributed by atoms with Gasteiger partial charge in [-0.05, 0) is 115 Å². The molecule has 2 aliphatic rings. The van der Waals surface area contributed by atoms with E-state index in [1.807, 2.05) is 6.07 Å². The van der Waals surface area contributed by atoms with Crippen molar-refractivity contribution in [2.75, 3.05) is 4.90 Å². The van der Waals surface area contributed by atoms with Crippen LogP contribution in [0.3, 0.4) is 0 Å². The molecule has 318 valence electrons.